The van der Waals surface area contributed by atoms with E-state index in [2.05, 4.69) is 11.0 Å². The van der Waals surface area contributed by atoms with Crippen LogP contribution < -0.4 is 5.73 Å². The van der Waals surface area contributed by atoms with Gasteiger partial charge in [-0.3, -0.25) is 14.5 Å². The molecule has 2 aliphatic heterocycles. The second-order valence-electron chi connectivity index (χ2n) is 10.4. The summed E-state index contributed by atoms with van der Waals surface area (Å²) in [5, 5.41) is 26.2. The number of nitrogens with zero attached hydrogens (tertiary/aromatic N) is 2. The van der Waals surface area contributed by atoms with E-state index in [9.17, 15) is 33.0 Å². The van der Waals surface area contributed by atoms with Gasteiger partial charge in [0.05, 0.1) is 6.61 Å². The van der Waals surface area contributed by atoms with Crippen LogP contribution in [-0.2, 0) is 9.59 Å². The monoisotopic (exact) mass is 543 g/mol. The van der Waals surface area contributed by atoms with Gasteiger partial charge in [0.2, 0.25) is 5.91 Å². The van der Waals surface area contributed by atoms with Crippen molar-refractivity contribution in [1.29, 1.82) is 0 Å². The number of piperidine rings is 1. The van der Waals surface area contributed by atoms with Gasteiger partial charge in [0.25, 0.3) is 5.91 Å². The molecule has 2 amide bonds. The number of alkyl halides is 3. The highest BCUT2D eigenvalue weighted by Gasteiger charge is 2.41. The number of rotatable bonds is 9. The van der Waals surface area contributed by atoms with E-state index in [1.54, 1.807) is 11.0 Å². The molecule has 38 heavy (non-hydrogen) atoms. The van der Waals surface area contributed by atoms with Crippen LogP contribution in [0.3, 0.4) is 0 Å². The van der Waals surface area contributed by atoms with E-state index in [-0.39, 0.29) is 11.8 Å². The second kappa shape index (κ2) is 12.9. The normalized spacial score (nSPS) is 24.1. The number of primary amides is 1. The largest absolute Gasteiger partial charge is 0.490 e. The van der Waals surface area contributed by atoms with Crippen LogP contribution in [0.2, 0.25) is 0 Å². The SMILES string of the molecule is NC(=O)c1cccc(C2CC3CCC(C2)N3CCN(CC2CCC2)C(=O)[C@H](O)CO)c1.O=C(O)C(F)(F)F. The molecule has 1 aromatic rings. The number of fused-ring (bicyclic) bond motifs is 2. The summed E-state index contributed by atoms with van der Waals surface area (Å²) in [6.45, 7) is 1.56. The number of aliphatic hydroxyl groups excluding tert-OH is 2. The van der Waals surface area contributed by atoms with Crippen molar-refractivity contribution >= 4 is 17.8 Å². The van der Waals surface area contributed by atoms with Crippen LogP contribution in [0.15, 0.2) is 24.3 Å². The molecule has 2 unspecified atom stereocenters. The zero-order valence-corrected chi connectivity index (χ0v) is 21.1. The number of amides is 2. The summed E-state index contributed by atoms with van der Waals surface area (Å²) in [5.41, 5.74) is 7.22. The van der Waals surface area contributed by atoms with Gasteiger partial charge in [0.1, 0.15) is 0 Å². The fraction of sp³-hybridized carbons (Fsp3) is 0.654. The predicted octanol–water partition coefficient (Wildman–Crippen LogP) is 2.11. The summed E-state index contributed by atoms with van der Waals surface area (Å²) < 4.78 is 31.7. The van der Waals surface area contributed by atoms with E-state index in [1.807, 2.05) is 12.1 Å². The number of nitrogens with two attached hydrogens (primary N) is 1. The number of carbonyl (C=O) groups is 3. The van der Waals surface area contributed by atoms with Gasteiger partial charge >= 0.3 is 12.1 Å². The van der Waals surface area contributed by atoms with E-state index < -0.39 is 24.9 Å². The summed E-state index contributed by atoms with van der Waals surface area (Å²) in [6.07, 6.45) is 1.51. The molecule has 3 atom stereocenters. The molecule has 1 saturated carbocycles. The van der Waals surface area contributed by atoms with Gasteiger partial charge in [-0.25, -0.2) is 4.79 Å². The zero-order valence-electron chi connectivity index (χ0n) is 21.1. The van der Waals surface area contributed by atoms with Gasteiger partial charge in [-0.2, -0.15) is 13.2 Å². The minimum atomic E-state index is -5.08. The molecule has 9 nitrogen and oxygen atoms in total. The fourth-order valence-electron chi connectivity index (χ4n) is 5.66. The molecule has 0 aromatic heterocycles. The van der Waals surface area contributed by atoms with E-state index in [0.29, 0.717) is 42.6 Å². The van der Waals surface area contributed by atoms with Crippen LogP contribution in [0, 0.1) is 5.92 Å². The smallest absolute Gasteiger partial charge is 0.475 e. The van der Waals surface area contributed by atoms with E-state index in [4.69, 9.17) is 15.6 Å². The van der Waals surface area contributed by atoms with Crippen molar-refractivity contribution in [2.24, 2.45) is 11.7 Å². The lowest BCUT2D eigenvalue weighted by atomic mass is 9.84. The van der Waals surface area contributed by atoms with Crippen LogP contribution in [0.4, 0.5) is 13.2 Å². The third kappa shape index (κ3) is 7.67. The third-order valence-corrected chi connectivity index (χ3v) is 7.87. The average molecular weight is 544 g/mol. The molecule has 5 N–H and O–H groups in total. The molecule has 4 rings (SSSR count). The molecule has 12 heteroatoms. The van der Waals surface area contributed by atoms with Crippen molar-refractivity contribution in [1.82, 2.24) is 9.80 Å². The molecule has 212 valence electrons. The number of benzene rings is 1. The Kier molecular flexibility index (Phi) is 10.1. The van der Waals surface area contributed by atoms with Crippen molar-refractivity contribution in [2.45, 2.75) is 75.2 Å². The highest BCUT2D eigenvalue weighted by molar-refractivity contribution is 5.92. The van der Waals surface area contributed by atoms with Gasteiger partial charge in [-0.05, 0) is 68.1 Å². The Morgan fingerprint density at radius 2 is 1.71 bits per heavy atom. The fourth-order valence-corrected chi connectivity index (χ4v) is 5.66. The first-order valence-electron chi connectivity index (χ1n) is 12.9. The highest BCUT2D eigenvalue weighted by Crippen LogP contribution is 2.43. The Hall–Kier alpha value is -2.70. The number of aliphatic carboxylic acids is 1. The lowest BCUT2D eigenvalue weighted by Gasteiger charge is -2.41. The molecule has 0 radical (unpaired) electrons. The summed E-state index contributed by atoms with van der Waals surface area (Å²) in [4.78, 5) is 37.3. The minimum Gasteiger partial charge on any atom is -0.475 e. The molecule has 2 heterocycles. The minimum absolute atomic E-state index is 0.347. The van der Waals surface area contributed by atoms with Crippen molar-refractivity contribution in [2.75, 3.05) is 26.2 Å². The van der Waals surface area contributed by atoms with Crippen LogP contribution in [0.5, 0.6) is 0 Å². The van der Waals surface area contributed by atoms with Crippen LogP contribution in [0.1, 0.15) is 66.8 Å². The maximum Gasteiger partial charge on any atom is 0.490 e. The molecule has 3 aliphatic rings. The molecular formula is C26H36F3N3O6. The maximum atomic E-state index is 12.6. The Bertz CT molecular complexity index is 973. The van der Waals surface area contributed by atoms with Crippen molar-refractivity contribution < 1.29 is 42.9 Å². The Morgan fingerprint density at radius 3 is 2.18 bits per heavy atom. The standard InChI is InChI=1S/C24H35N3O4.C2HF3O2/c25-23(30)18-6-2-5-17(11-18)19-12-20-7-8-21(13-19)27(20)10-9-26(14-16-3-1-4-16)24(31)22(29)15-28;3-2(4,5)1(6)7/h2,5-6,11,16,19-22,28-29H,1,3-4,7-10,12-15H2,(H2,25,30);(H,6,7)/t19?,20?,21?,22-;/m1./s1. The van der Waals surface area contributed by atoms with Gasteiger partial charge in [0.15, 0.2) is 6.10 Å². The first-order valence-corrected chi connectivity index (χ1v) is 12.9. The van der Waals surface area contributed by atoms with Crippen LogP contribution in [-0.4, -0.2) is 93.5 Å². The topological polar surface area (TPSA) is 144 Å². The number of hydrogen-bond acceptors (Lipinski definition) is 6. The second-order valence-corrected chi connectivity index (χ2v) is 10.4. The molecule has 1 aliphatic carbocycles. The Labute approximate surface area is 219 Å². The van der Waals surface area contributed by atoms with E-state index in [0.717, 1.165) is 45.1 Å². The average Bonchev–Trinajstić information content (AvgIpc) is 3.08. The summed E-state index contributed by atoms with van der Waals surface area (Å²) >= 11 is 0. The third-order valence-electron chi connectivity index (χ3n) is 7.87. The summed E-state index contributed by atoms with van der Waals surface area (Å²) in [6, 6.07) is 8.68. The van der Waals surface area contributed by atoms with Crippen LogP contribution in [0.25, 0.3) is 0 Å². The molecule has 3 fully saturated rings. The van der Waals surface area contributed by atoms with E-state index >= 15 is 0 Å². The number of carboxylic acids is 1. The van der Waals surface area contributed by atoms with Crippen LogP contribution >= 0.6 is 0 Å². The van der Waals surface area contributed by atoms with Crippen molar-refractivity contribution in [3.63, 3.8) is 0 Å². The number of aliphatic hydroxyl groups is 2. The Morgan fingerprint density at radius 1 is 1.11 bits per heavy atom. The molecule has 2 bridgehead atoms. The van der Waals surface area contributed by atoms with Gasteiger partial charge in [0, 0.05) is 37.3 Å². The lowest BCUT2D eigenvalue weighted by Crippen LogP contribution is -2.50. The maximum absolute atomic E-state index is 12.6. The van der Waals surface area contributed by atoms with Gasteiger partial charge in [-0.15, -0.1) is 0 Å². The predicted molar refractivity (Wildman–Crippen MR) is 131 cm³/mol. The number of hydrogen-bond donors (Lipinski definition) is 4. The number of carboxylic acid groups (broad SMARTS) is 1. The zero-order chi connectivity index (χ0) is 28.0. The van der Waals surface area contributed by atoms with Gasteiger partial charge in [-0.1, -0.05) is 18.6 Å². The first kappa shape index (κ1) is 29.9. The lowest BCUT2D eigenvalue weighted by molar-refractivity contribution is -0.192. The quantitative estimate of drug-likeness (QED) is 0.373. The summed E-state index contributed by atoms with van der Waals surface area (Å²) in [5.74, 6) is -2.54. The van der Waals surface area contributed by atoms with Crippen molar-refractivity contribution in [3.8, 4) is 0 Å². The highest BCUT2D eigenvalue weighted by atomic mass is 19.4. The number of carbonyl (C=O) groups excluding carboxylic acids is 2. The van der Waals surface area contributed by atoms with Gasteiger partial charge < -0.3 is 26.0 Å². The molecule has 0 spiro atoms. The number of halogens is 3. The molecule has 2 saturated heterocycles. The van der Waals surface area contributed by atoms with Crippen molar-refractivity contribution in [3.05, 3.63) is 35.4 Å². The van der Waals surface area contributed by atoms with E-state index in [1.165, 1.54) is 12.0 Å². The molecule has 1 aromatic carbocycles. The first-order chi connectivity index (χ1) is 17.9. The Balaban J connectivity index is 0.000000505. The molecular weight excluding hydrogens is 507 g/mol. The summed E-state index contributed by atoms with van der Waals surface area (Å²) in [7, 11) is 0.